The first-order valence-electron chi connectivity index (χ1n) is 9.51. The number of anilines is 1. The van der Waals surface area contributed by atoms with Crippen LogP contribution in [-0.2, 0) is 0 Å². The molecule has 0 bridgehead atoms. The largest absolute Gasteiger partial charge is 0.492 e. The molecule has 1 aromatic heterocycles. The Morgan fingerprint density at radius 1 is 1.08 bits per heavy atom. The van der Waals surface area contributed by atoms with E-state index in [-0.39, 0.29) is 0 Å². The fourth-order valence-corrected chi connectivity index (χ4v) is 3.82. The van der Waals surface area contributed by atoms with Gasteiger partial charge in [0.15, 0.2) is 0 Å². The minimum atomic E-state index is 0.572. The fraction of sp³-hybridized carbons (Fsp3) is 0.476. The lowest BCUT2D eigenvalue weighted by Gasteiger charge is -2.28. The van der Waals surface area contributed by atoms with Crippen LogP contribution < -0.4 is 10.5 Å². The maximum Gasteiger partial charge on any atom is 0.124 e. The minimum absolute atomic E-state index is 0.572. The molecule has 0 atom stereocenters. The summed E-state index contributed by atoms with van der Waals surface area (Å²) in [5.74, 6) is 2.18. The van der Waals surface area contributed by atoms with E-state index in [0.717, 1.165) is 24.6 Å². The van der Waals surface area contributed by atoms with Crippen LogP contribution in [-0.4, -0.2) is 36.1 Å². The fourth-order valence-electron chi connectivity index (χ4n) is 3.82. The second kappa shape index (κ2) is 7.44. The molecule has 1 aliphatic carbocycles. The van der Waals surface area contributed by atoms with E-state index in [2.05, 4.69) is 28.1 Å². The smallest absolute Gasteiger partial charge is 0.124 e. The molecule has 2 N–H and O–H groups in total. The van der Waals surface area contributed by atoms with Gasteiger partial charge < -0.3 is 10.5 Å². The van der Waals surface area contributed by atoms with Crippen LogP contribution in [0.1, 0.15) is 43.6 Å². The highest BCUT2D eigenvalue weighted by atomic mass is 16.5. The molecule has 4 nitrogen and oxygen atoms in total. The van der Waals surface area contributed by atoms with Crippen LogP contribution in [0.4, 0.5) is 5.82 Å². The molecule has 2 fully saturated rings. The van der Waals surface area contributed by atoms with Crippen LogP contribution >= 0.6 is 0 Å². The third-order valence-corrected chi connectivity index (χ3v) is 5.49. The van der Waals surface area contributed by atoms with E-state index in [0.29, 0.717) is 11.7 Å². The van der Waals surface area contributed by atoms with Gasteiger partial charge in [-0.1, -0.05) is 12.5 Å². The second-order valence-electron chi connectivity index (χ2n) is 7.22. The summed E-state index contributed by atoms with van der Waals surface area (Å²) in [5.41, 5.74) is 9.41. The van der Waals surface area contributed by atoms with Crippen molar-refractivity contribution in [2.24, 2.45) is 0 Å². The number of hydrogen-bond donors (Lipinski definition) is 1. The summed E-state index contributed by atoms with van der Waals surface area (Å²) < 4.78 is 6.06. The molecule has 2 aromatic rings. The summed E-state index contributed by atoms with van der Waals surface area (Å²) in [6, 6.07) is 12.3. The number of nitrogens with zero attached hydrogens (tertiary/aromatic N) is 2. The quantitative estimate of drug-likeness (QED) is 0.863. The van der Waals surface area contributed by atoms with E-state index >= 15 is 0 Å². The minimum Gasteiger partial charge on any atom is -0.492 e. The zero-order chi connectivity index (χ0) is 17.1. The number of rotatable bonds is 6. The van der Waals surface area contributed by atoms with Gasteiger partial charge in [-0.25, -0.2) is 4.98 Å². The van der Waals surface area contributed by atoms with Crippen molar-refractivity contribution in [3.63, 3.8) is 0 Å². The third-order valence-electron chi connectivity index (χ3n) is 5.49. The molecule has 0 spiro atoms. The number of nitrogen functional groups attached to an aromatic ring is 1. The Bertz CT molecular complexity index is 721. The number of nitrogens with two attached hydrogens (primary N) is 1. The lowest BCUT2D eigenvalue weighted by atomic mass is 9.77. The predicted octanol–water partition coefficient (Wildman–Crippen LogP) is 4.07. The lowest BCUT2D eigenvalue weighted by Crippen LogP contribution is -2.25. The van der Waals surface area contributed by atoms with Gasteiger partial charge in [-0.2, -0.15) is 0 Å². The molecule has 1 saturated heterocycles. The SMILES string of the molecule is Nc1cccc(-c2ccc(OCCN3CCCC3)cc2C2CCC2)n1. The highest BCUT2D eigenvalue weighted by molar-refractivity contribution is 5.67. The van der Waals surface area contributed by atoms with Crippen molar-refractivity contribution in [2.75, 3.05) is 32.0 Å². The zero-order valence-corrected chi connectivity index (χ0v) is 14.8. The van der Waals surface area contributed by atoms with E-state index < -0.39 is 0 Å². The molecule has 0 radical (unpaired) electrons. The van der Waals surface area contributed by atoms with Gasteiger partial charge in [0.1, 0.15) is 18.2 Å². The highest BCUT2D eigenvalue weighted by Gasteiger charge is 2.24. The number of aromatic nitrogens is 1. The monoisotopic (exact) mass is 337 g/mol. The molecule has 1 aliphatic heterocycles. The molecule has 4 rings (SSSR count). The zero-order valence-electron chi connectivity index (χ0n) is 14.8. The van der Waals surface area contributed by atoms with Crippen LogP contribution in [0.2, 0.25) is 0 Å². The Balaban J connectivity index is 1.51. The van der Waals surface area contributed by atoms with Crippen molar-refractivity contribution in [2.45, 2.75) is 38.0 Å². The van der Waals surface area contributed by atoms with Crippen LogP contribution in [0, 0.1) is 0 Å². The molecule has 1 aromatic carbocycles. The van der Waals surface area contributed by atoms with Gasteiger partial charge in [0.2, 0.25) is 0 Å². The first kappa shape index (κ1) is 16.4. The average Bonchev–Trinajstić information content (AvgIpc) is 3.07. The molecule has 132 valence electrons. The topological polar surface area (TPSA) is 51.4 Å². The van der Waals surface area contributed by atoms with Crippen molar-refractivity contribution in [1.29, 1.82) is 0 Å². The molecular weight excluding hydrogens is 310 g/mol. The van der Waals surface area contributed by atoms with E-state index in [1.54, 1.807) is 0 Å². The van der Waals surface area contributed by atoms with Gasteiger partial charge in [0, 0.05) is 12.1 Å². The molecule has 25 heavy (non-hydrogen) atoms. The van der Waals surface area contributed by atoms with Gasteiger partial charge in [0.25, 0.3) is 0 Å². The van der Waals surface area contributed by atoms with Crippen LogP contribution in [0.15, 0.2) is 36.4 Å². The number of hydrogen-bond acceptors (Lipinski definition) is 4. The number of benzene rings is 1. The molecule has 0 unspecified atom stereocenters. The van der Waals surface area contributed by atoms with Gasteiger partial charge in [0.05, 0.1) is 5.69 Å². The van der Waals surface area contributed by atoms with Gasteiger partial charge in [-0.3, -0.25) is 4.90 Å². The van der Waals surface area contributed by atoms with Gasteiger partial charge in [-0.15, -0.1) is 0 Å². The maximum absolute atomic E-state index is 6.06. The average molecular weight is 337 g/mol. The van der Waals surface area contributed by atoms with Crippen molar-refractivity contribution in [3.05, 3.63) is 42.0 Å². The Morgan fingerprint density at radius 3 is 2.64 bits per heavy atom. The third kappa shape index (κ3) is 3.79. The highest BCUT2D eigenvalue weighted by Crippen LogP contribution is 2.42. The molecule has 1 saturated carbocycles. The predicted molar refractivity (Wildman–Crippen MR) is 102 cm³/mol. The molecular formula is C21H27N3O. The molecule has 0 amide bonds. The Hall–Kier alpha value is -2.07. The van der Waals surface area contributed by atoms with E-state index in [9.17, 15) is 0 Å². The van der Waals surface area contributed by atoms with Crippen LogP contribution in [0.5, 0.6) is 5.75 Å². The summed E-state index contributed by atoms with van der Waals surface area (Å²) in [4.78, 5) is 7.00. The number of pyridine rings is 1. The number of likely N-dealkylation sites (tertiary alicyclic amines) is 1. The summed E-state index contributed by atoms with van der Waals surface area (Å²) in [5, 5.41) is 0. The normalized spacial score (nSPS) is 18.2. The first-order valence-corrected chi connectivity index (χ1v) is 9.51. The Labute approximate surface area is 150 Å². The van der Waals surface area contributed by atoms with E-state index in [4.69, 9.17) is 10.5 Å². The lowest BCUT2D eigenvalue weighted by molar-refractivity contribution is 0.237. The Kier molecular flexibility index (Phi) is 4.88. The molecule has 2 aliphatic rings. The summed E-state index contributed by atoms with van der Waals surface area (Å²) in [7, 11) is 0. The summed E-state index contributed by atoms with van der Waals surface area (Å²) in [6.45, 7) is 4.23. The van der Waals surface area contributed by atoms with Crippen molar-refractivity contribution >= 4 is 5.82 Å². The van der Waals surface area contributed by atoms with Gasteiger partial charge >= 0.3 is 0 Å². The van der Waals surface area contributed by atoms with E-state index in [1.165, 1.54) is 56.3 Å². The molecule has 2 heterocycles. The first-order chi connectivity index (χ1) is 12.3. The van der Waals surface area contributed by atoms with Gasteiger partial charge in [-0.05, 0) is 80.6 Å². The van der Waals surface area contributed by atoms with Crippen molar-refractivity contribution in [3.8, 4) is 17.0 Å². The van der Waals surface area contributed by atoms with Crippen molar-refractivity contribution in [1.82, 2.24) is 9.88 Å². The van der Waals surface area contributed by atoms with Crippen LogP contribution in [0.25, 0.3) is 11.3 Å². The maximum atomic E-state index is 6.06. The summed E-state index contributed by atoms with van der Waals surface area (Å²) >= 11 is 0. The van der Waals surface area contributed by atoms with E-state index in [1.807, 2.05) is 18.2 Å². The Morgan fingerprint density at radius 2 is 1.92 bits per heavy atom. The van der Waals surface area contributed by atoms with Crippen molar-refractivity contribution < 1.29 is 4.74 Å². The summed E-state index contributed by atoms with van der Waals surface area (Å²) in [6.07, 6.45) is 6.48. The van der Waals surface area contributed by atoms with Crippen LogP contribution in [0.3, 0.4) is 0 Å². The standard InChI is InChI=1S/C21H27N3O/c22-21-8-4-7-20(23-21)18-10-9-17(15-19(18)16-5-3-6-16)25-14-13-24-11-1-2-12-24/h4,7-10,15-16H,1-3,5-6,11-14H2,(H2,22,23). The number of ether oxygens (including phenoxy) is 1. The second-order valence-corrected chi connectivity index (χ2v) is 7.22. The molecule has 4 heteroatoms.